The SMILES string of the molecule is CCCCCN(CCCCC)C(C)(C)CO. The maximum absolute atomic E-state index is 9.44. The molecule has 0 heterocycles. The smallest absolute Gasteiger partial charge is 0.0610 e. The second-order valence-corrected chi connectivity index (χ2v) is 5.37. The third kappa shape index (κ3) is 6.49. The van der Waals surface area contributed by atoms with E-state index >= 15 is 0 Å². The molecule has 0 unspecified atom stereocenters. The standard InChI is InChI=1S/C14H31NO/c1-5-7-9-11-15(12-10-8-6-2)14(3,4)13-16/h16H,5-13H2,1-4H3. The van der Waals surface area contributed by atoms with E-state index in [4.69, 9.17) is 0 Å². The zero-order valence-corrected chi connectivity index (χ0v) is 11.8. The molecule has 0 saturated carbocycles. The summed E-state index contributed by atoms with van der Waals surface area (Å²) in [5.74, 6) is 0. The first-order chi connectivity index (χ1) is 7.58. The highest BCUT2D eigenvalue weighted by Crippen LogP contribution is 2.16. The lowest BCUT2D eigenvalue weighted by Crippen LogP contribution is -2.47. The van der Waals surface area contributed by atoms with E-state index in [-0.39, 0.29) is 12.1 Å². The number of unbranched alkanes of at least 4 members (excludes halogenated alkanes) is 4. The summed E-state index contributed by atoms with van der Waals surface area (Å²) in [6, 6.07) is 0. The summed E-state index contributed by atoms with van der Waals surface area (Å²) in [6.45, 7) is 11.3. The van der Waals surface area contributed by atoms with E-state index in [2.05, 4.69) is 32.6 Å². The van der Waals surface area contributed by atoms with E-state index in [1.54, 1.807) is 0 Å². The molecule has 0 atom stereocenters. The number of aliphatic hydroxyl groups excluding tert-OH is 1. The van der Waals surface area contributed by atoms with Crippen molar-refractivity contribution in [3.05, 3.63) is 0 Å². The van der Waals surface area contributed by atoms with Gasteiger partial charge in [-0.2, -0.15) is 0 Å². The van der Waals surface area contributed by atoms with Gasteiger partial charge < -0.3 is 5.11 Å². The van der Waals surface area contributed by atoms with E-state index < -0.39 is 0 Å². The highest BCUT2D eigenvalue weighted by atomic mass is 16.3. The number of aliphatic hydroxyl groups is 1. The lowest BCUT2D eigenvalue weighted by molar-refractivity contribution is 0.0541. The van der Waals surface area contributed by atoms with Crippen molar-refractivity contribution in [2.24, 2.45) is 0 Å². The predicted molar refractivity (Wildman–Crippen MR) is 71.8 cm³/mol. The molecule has 0 aromatic carbocycles. The number of hydrogen-bond donors (Lipinski definition) is 1. The summed E-state index contributed by atoms with van der Waals surface area (Å²) >= 11 is 0. The van der Waals surface area contributed by atoms with Crippen molar-refractivity contribution in [3.8, 4) is 0 Å². The Morgan fingerprint density at radius 2 is 1.31 bits per heavy atom. The van der Waals surface area contributed by atoms with Crippen LogP contribution < -0.4 is 0 Å². The fourth-order valence-corrected chi connectivity index (χ4v) is 1.92. The van der Waals surface area contributed by atoms with Gasteiger partial charge >= 0.3 is 0 Å². The molecule has 16 heavy (non-hydrogen) atoms. The molecule has 1 N–H and O–H groups in total. The van der Waals surface area contributed by atoms with Crippen molar-refractivity contribution < 1.29 is 5.11 Å². The lowest BCUT2D eigenvalue weighted by Gasteiger charge is -2.37. The van der Waals surface area contributed by atoms with Gasteiger partial charge in [0, 0.05) is 5.54 Å². The fourth-order valence-electron chi connectivity index (χ4n) is 1.92. The molecule has 0 aliphatic rings. The van der Waals surface area contributed by atoms with Crippen molar-refractivity contribution >= 4 is 0 Å². The molecule has 0 aromatic heterocycles. The highest BCUT2D eigenvalue weighted by Gasteiger charge is 2.24. The normalized spacial score (nSPS) is 12.4. The Bertz CT molecular complexity index is 147. The van der Waals surface area contributed by atoms with Gasteiger partial charge in [0.05, 0.1) is 6.61 Å². The number of nitrogens with zero attached hydrogens (tertiary/aromatic N) is 1. The number of rotatable bonds is 10. The van der Waals surface area contributed by atoms with Crippen LogP contribution >= 0.6 is 0 Å². The monoisotopic (exact) mass is 229 g/mol. The van der Waals surface area contributed by atoms with Crippen LogP contribution in [0.25, 0.3) is 0 Å². The molecule has 0 bridgehead atoms. The van der Waals surface area contributed by atoms with Gasteiger partial charge in [0.25, 0.3) is 0 Å². The Labute approximate surface area is 102 Å². The number of hydrogen-bond acceptors (Lipinski definition) is 2. The Balaban J connectivity index is 4.05. The quantitative estimate of drug-likeness (QED) is 0.580. The lowest BCUT2D eigenvalue weighted by atomic mass is 10.0. The summed E-state index contributed by atoms with van der Waals surface area (Å²) in [5.41, 5.74) is -0.0541. The second-order valence-electron chi connectivity index (χ2n) is 5.37. The van der Waals surface area contributed by atoms with Gasteiger partial charge in [-0.05, 0) is 39.8 Å². The van der Waals surface area contributed by atoms with Crippen molar-refractivity contribution in [2.45, 2.75) is 71.8 Å². The summed E-state index contributed by atoms with van der Waals surface area (Å²) < 4.78 is 0. The van der Waals surface area contributed by atoms with Crippen molar-refractivity contribution in [3.63, 3.8) is 0 Å². The first-order valence-electron chi connectivity index (χ1n) is 6.94. The van der Waals surface area contributed by atoms with E-state index in [9.17, 15) is 5.11 Å². The zero-order chi connectivity index (χ0) is 12.4. The van der Waals surface area contributed by atoms with Crippen molar-refractivity contribution in [1.82, 2.24) is 4.90 Å². The Morgan fingerprint density at radius 3 is 1.62 bits per heavy atom. The van der Waals surface area contributed by atoms with Gasteiger partial charge in [0.2, 0.25) is 0 Å². The first kappa shape index (κ1) is 15.9. The van der Waals surface area contributed by atoms with Crippen LogP contribution in [0.2, 0.25) is 0 Å². The average Bonchev–Trinajstić information content (AvgIpc) is 2.27. The predicted octanol–water partition coefficient (Wildman–Crippen LogP) is 3.44. The molecule has 98 valence electrons. The maximum Gasteiger partial charge on any atom is 0.0610 e. The van der Waals surface area contributed by atoms with Gasteiger partial charge in [-0.3, -0.25) is 4.90 Å². The molecule has 0 fully saturated rings. The maximum atomic E-state index is 9.44. The van der Waals surface area contributed by atoms with Crippen LogP contribution in [-0.4, -0.2) is 35.2 Å². The largest absolute Gasteiger partial charge is 0.394 e. The van der Waals surface area contributed by atoms with Crippen LogP contribution in [0.1, 0.15) is 66.2 Å². The van der Waals surface area contributed by atoms with Gasteiger partial charge in [-0.1, -0.05) is 39.5 Å². The molecule has 2 heteroatoms. The minimum atomic E-state index is -0.0541. The van der Waals surface area contributed by atoms with E-state index in [0.29, 0.717) is 0 Å². The summed E-state index contributed by atoms with van der Waals surface area (Å²) in [5, 5.41) is 9.44. The van der Waals surface area contributed by atoms with Crippen LogP contribution in [0.5, 0.6) is 0 Å². The molecule has 0 aliphatic heterocycles. The molecule has 0 rings (SSSR count). The molecular weight excluding hydrogens is 198 g/mol. The second kappa shape index (κ2) is 9.00. The van der Waals surface area contributed by atoms with Gasteiger partial charge in [-0.25, -0.2) is 0 Å². The van der Waals surface area contributed by atoms with E-state index in [0.717, 1.165) is 13.1 Å². The highest BCUT2D eigenvalue weighted by molar-refractivity contribution is 4.80. The average molecular weight is 229 g/mol. The Kier molecular flexibility index (Phi) is 8.96. The minimum absolute atomic E-state index is 0.0541. The molecular formula is C14H31NO. The molecule has 0 radical (unpaired) electrons. The van der Waals surface area contributed by atoms with Gasteiger partial charge in [0.1, 0.15) is 0 Å². The van der Waals surface area contributed by atoms with E-state index in [1.807, 2.05) is 0 Å². The third-order valence-electron chi connectivity index (χ3n) is 3.31. The summed E-state index contributed by atoms with van der Waals surface area (Å²) in [6.07, 6.45) is 7.64. The Morgan fingerprint density at radius 1 is 0.875 bits per heavy atom. The minimum Gasteiger partial charge on any atom is -0.394 e. The van der Waals surface area contributed by atoms with Crippen LogP contribution in [0.3, 0.4) is 0 Å². The fraction of sp³-hybridized carbons (Fsp3) is 1.00. The topological polar surface area (TPSA) is 23.5 Å². The molecule has 0 aromatic rings. The molecule has 0 spiro atoms. The van der Waals surface area contributed by atoms with E-state index in [1.165, 1.54) is 38.5 Å². The first-order valence-corrected chi connectivity index (χ1v) is 6.94. The summed E-state index contributed by atoms with van der Waals surface area (Å²) in [7, 11) is 0. The van der Waals surface area contributed by atoms with Crippen LogP contribution in [-0.2, 0) is 0 Å². The van der Waals surface area contributed by atoms with Crippen LogP contribution in [0.15, 0.2) is 0 Å². The zero-order valence-electron chi connectivity index (χ0n) is 11.8. The van der Waals surface area contributed by atoms with Crippen molar-refractivity contribution in [1.29, 1.82) is 0 Å². The Hall–Kier alpha value is -0.0800. The van der Waals surface area contributed by atoms with Crippen molar-refractivity contribution in [2.75, 3.05) is 19.7 Å². The third-order valence-corrected chi connectivity index (χ3v) is 3.31. The molecule has 2 nitrogen and oxygen atoms in total. The molecule has 0 amide bonds. The van der Waals surface area contributed by atoms with Gasteiger partial charge in [-0.15, -0.1) is 0 Å². The van der Waals surface area contributed by atoms with Gasteiger partial charge in [0.15, 0.2) is 0 Å². The molecule has 0 aliphatic carbocycles. The van der Waals surface area contributed by atoms with Crippen LogP contribution in [0.4, 0.5) is 0 Å². The van der Waals surface area contributed by atoms with Crippen LogP contribution in [0, 0.1) is 0 Å². The summed E-state index contributed by atoms with van der Waals surface area (Å²) in [4.78, 5) is 2.46. The molecule has 0 saturated heterocycles.